The van der Waals surface area contributed by atoms with Crippen molar-refractivity contribution in [2.24, 2.45) is 5.92 Å². The van der Waals surface area contributed by atoms with Crippen LogP contribution in [0.3, 0.4) is 0 Å². The van der Waals surface area contributed by atoms with Crippen molar-refractivity contribution in [1.29, 1.82) is 0 Å². The van der Waals surface area contributed by atoms with Crippen molar-refractivity contribution in [3.63, 3.8) is 0 Å². The van der Waals surface area contributed by atoms with E-state index in [9.17, 15) is 14.9 Å². The second-order valence-electron chi connectivity index (χ2n) is 6.14. The lowest BCUT2D eigenvalue weighted by molar-refractivity contribution is -0.384. The molecule has 26 heavy (non-hydrogen) atoms. The van der Waals surface area contributed by atoms with Crippen LogP contribution >= 0.6 is 23.1 Å². The number of benzene rings is 1. The number of nitro benzene ring substituents is 1. The number of nitro groups is 1. The first-order valence-electron chi connectivity index (χ1n) is 8.02. The molecule has 8 nitrogen and oxygen atoms in total. The number of aryl methyl sites for hydroxylation is 1. The predicted molar refractivity (Wildman–Crippen MR) is 105 cm³/mol. The molecule has 0 unspecified atom stereocenters. The van der Waals surface area contributed by atoms with Gasteiger partial charge in [-0.2, -0.15) is 0 Å². The summed E-state index contributed by atoms with van der Waals surface area (Å²) in [5.41, 5.74) is 1.71. The van der Waals surface area contributed by atoms with Crippen molar-refractivity contribution in [2.75, 3.05) is 22.9 Å². The van der Waals surface area contributed by atoms with E-state index in [0.29, 0.717) is 21.0 Å². The first-order valence-corrected chi connectivity index (χ1v) is 9.82. The number of nitrogens with zero attached hydrogens (tertiary/aromatic N) is 3. The zero-order valence-corrected chi connectivity index (χ0v) is 16.7. The summed E-state index contributed by atoms with van der Waals surface area (Å²) in [5, 5.41) is 25.8. The van der Waals surface area contributed by atoms with Crippen molar-refractivity contribution < 1.29 is 9.72 Å². The molecule has 0 fully saturated rings. The number of rotatable bonds is 8. The summed E-state index contributed by atoms with van der Waals surface area (Å²) in [6.45, 7) is 8.59. The van der Waals surface area contributed by atoms with Gasteiger partial charge < -0.3 is 10.6 Å². The van der Waals surface area contributed by atoms with Gasteiger partial charge in [0.15, 0.2) is 4.34 Å². The Morgan fingerprint density at radius 2 is 2.08 bits per heavy atom. The maximum atomic E-state index is 12.2. The van der Waals surface area contributed by atoms with E-state index < -0.39 is 4.92 Å². The van der Waals surface area contributed by atoms with E-state index in [4.69, 9.17) is 0 Å². The average Bonchev–Trinajstić information content (AvgIpc) is 3.03. The maximum Gasteiger partial charge on any atom is 0.293 e. The van der Waals surface area contributed by atoms with Crippen molar-refractivity contribution >= 4 is 45.5 Å². The SMILES string of the molecule is Cc1ccc([N+](=O)[O-])c(NC(=O)CSc2nnc(NCC(C)C)s2)c1C. The Bertz CT molecular complexity index is 807. The molecule has 0 aliphatic carbocycles. The van der Waals surface area contributed by atoms with Gasteiger partial charge in [0.2, 0.25) is 11.0 Å². The number of carbonyl (C=O) groups is 1. The molecule has 0 radical (unpaired) electrons. The fourth-order valence-electron chi connectivity index (χ4n) is 2.05. The van der Waals surface area contributed by atoms with E-state index in [0.717, 1.165) is 12.1 Å². The molecule has 1 heterocycles. The standard InChI is InChI=1S/C16H21N5O3S2/c1-9(2)7-17-15-19-20-16(26-15)25-8-13(22)18-14-11(4)10(3)5-6-12(14)21(23)24/h5-6,9H,7-8H2,1-4H3,(H,17,19)(H,18,22). The van der Waals surface area contributed by atoms with E-state index in [1.807, 2.05) is 6.92 Å². The van der Waals surface area contributed by atoms with Crippen LogP contribution in [0.1, 0.15) is 25.0 Å². The lowest BCUT2D eigenvalue weighted by Crippen LogP contribution is -2.16. The molecule has 1 aromatic carbocycles. The van der Waals surface area contributed by atoms with Crippen LogP contribution in [0.5, 0.6) is 0 Å². The minimum Gasteiger partial charge on any atom is -0.360 e. The summed E-state index contributed by atoms with van der Waals surface area (Å²) in [6.07, 6.45) is 0. The van der Waals surface area contributed by atoms with Crippen LogP contribution in [0.25, 0.3) is 0 Å². The normalized spacial score (nSPS) is 10.8. The number of aromatic nitrogens is 2. The van der Waals surface area contributed by atoms with Crippen LogP contribution in [0, 0.1) is 29.9 Å². The number of carbonyl (C=O) groups excluding carboxylic acids is 1. The second-order valence-corrected chi connectivity index (χ2v) is 8.34. The van der Waals surface area contributed by atoms with Gasteiger partial charge in [0.05, 0.1) is 10.7 Å². The molecule has 0 aliphatic heterocycles. The molecule has 1 amide bonds. The number of thioether (sulfide) groups is 1. The van der Waals surface area contributed by atoms with Crippen molar-refractivity contribution in [3.05, 3.63) is 33.4 Å². The lowest BCUT2D eigenvalue weighted by Gasteiger charge is -2.10. The summed E-state index contributed by atoms with van der Waals surface area (Å²) >= 11 is 2.63. The van der Waals surface area contributed by atoms with Gasteiger partial charge in [-0.15, -0.1) is 10.2 Å². The van der Waals surface area contributed by atoms with Crippen molar-refractivity contribution in [1.82, 2.24) is 10.2 Å². The molecule has 0 atom stereocenters. The van der Waals surface area contributed by atoms with Crippen LogP contribution in [0.4, 0.5) is 16.5 Å². The van der Waals surface area contributed by atoms with Gasteiger partial charge in [0.1, 0.15) is 5.69 Å². The maximum absolute atomic E-state index is 12.2. The molecule has 10 heteroatoms. The Morgan fingerprint density at radius 1 is 1.35 bits per heavy atom. The fourth-order valence-corrected chi connectivity index (χ4v) is 3.60. The Kier molecular flexibility index (Phi) is 6.92. The second kappa shape index (κ2) is 8.95. The third-order valence-electron chi connectivity index (χ3n) is 3.57. The molecule has 2 rings (SSSR count). The van der Waals surface area contributed by atoms with Gasteiger partial charge in [-0.05, 0) is 30.9 Å². The largest absolute Gasteiger partial charge is 0.360 e. The highest BCUT2D eigenvalue weighted by Gasteiger charge is 2.19. The van der Waals surface area contributed by atoms with E-state index in [-0.39, 0.29) is 23.0 Å². The molecule has 2 N–H and O–H groups in total. The third-order valence-corrected chi connectivity index (χ3v) is 5.58. The van der Waals surface area contributed by atoms with Crippen molar-refractivity contribution in [2.45, 2.75) is 32.0 Å². The molecule has 2 aromatic rings. The van der Waals surface area contributed by atoms with Gasteiger partial charge in [0.25, 0.3) is 5.69 Å². The van der Waals surface area contributed by atoms with E-state index in [1.54, 1.807) is 13.0 Å². The van der Waals surface area contributed by atoms with E-state index in [1.165, 1.54) is 29.2 Å². The number of hydrogen-bond donors (Lipinski definition) is 2. The molecule has 140 valence electrons. The van der Waals surface area contributed by atoms with Gasteiger partial charge >= 0.3 is 0 Å². The van der Waals surface area contributed by atoms with Crippen LogP contribution in [-0.2, 0) is 4.79 Å². The molecule has 0 saturated carbocycles. The Balaban J connectivity index is 1.98. The van der Waals surface area contributed by atoms with Gasteiger partial charge in [-0.1, -0.05) is 43.0 Å². The minimum absolute atomic E-state index is 0.101. The third kappa shape index (κ3) is 5.40. The van der Waals surface area contributed by atoms with Gasteiger partial charge in [0, 0.05) is 12.6 Å². The Labute approximate surface area is 159 Å². The molecule has 1 aromatic heterocycles. The number of anilines is 2. The average molecular weight is 396 g/mol. The highest BCUT2D eigenvalue weighted by molar-refractivity contribution is 8.01. The minimum atomic E-state index is -0.493. The zero-order valence-electron chi connectivity index (χ0n) is 15.0. The first kappa shape index (κ1) is 20.1. The molecule has 0 spiro atoms. The van der Waals surface area contributed by atoms with E-state index in [2.05, 4.69) is 34.7 Å². The number of hydrogen-bond acceptors (Lipinski definition) is 8. The smallest absolute Gasteiger partial charge is 0.293 e. The molecule has 0 aliphatic rings. The number of amides is 1. The van der Waals surface area contributed by atoms with E-state index >= 15 is 0 Å². The zero-order chi connectivity index (χ0) is 19.3. The quantitative estimate of drug-likeness (QED) is 0.397. The summed E-state index contributed by atoms with van der Waals surface area (Å²) in [6, 6.07) is 3.08. The van der Waals surface area contributed by atoms with Crippen LogP contribution in [0.2, 0.25) is 0 Å². The topological polar surface area (TPSA) is 110 Å². The Morgan fingerprint density at radius 3 is 2.73 bits per heavy atom. The van der Waals surface area contributed by atoms with Crippen LogP contribution in [0.15, 0.2) is 16.5 Å². The predicted octanol–water partition coefficient (Wildman–Crippen LogP) is 3.86. The lowest BCUT2D eigenvalue weighted by atomic mass is 10.1. The van der Waals surface area contributed by atoms with Crippen molar-refractivity contribution in [3.8, 4) is 0 Å². The summed E-state index contributed by atoms with van der Waals surface area (Å²) < 4.78 is 0.668. The molecular weight excluding hydrogens is 374 g/mol. The highest BCUT2D eigenvalue weighted by Crippen LogP contribution is 2.31. The molecule has 0 saturated heterocycles. The summed E-state index contributed by atoms with van der Waals surface area (Å²) in [4.78, 5) is 22.9. The Hall–Kier alpha value is -2.20. The number of nitrogens with one attached hydrogen (secondary N) is 2. The van der Waals surface area contributed by atoms with Gasteiger partial charge in [-0.3, -0.25) is 14.9 Å². The summed E-state index contributed by atoms with van der Waals surface area (Å²) in [5.74, 6) is 0.274. The van der Waals surface area contributed by atoms with Gasteiger partial charge in [-0.25, -0.2) is 0 Å². The fraction of sp³-hybridized carbons (Fsp3) is 0.438. The highest BCUT2D eigenvalue weighted by atomic mass is 32.2. The monoisotopic (exact) mass is 395 g/mol. The first-order chi connectivity index (χ1) is 12.3. The molecular formula is C16H21N5O3S2. The molecule has 0 bridgehead atoms. The summed E-state index contributed by atoms with van der Waals surface area (Å²) in [7, 11) is 0. The van der Waals surface area contributed by atoms with Crippen LogP contribution in [-0.4, -0.2) is 33.3 Å². The van der Waals surface area contributed by atoms with Crippen LogP contribution < -0.4 is 10.6 Å².